The molecule has 1 heterocycles. The van der Waals surface area contributed by atoms with Crippen LogP contribution in [0.15, 0.2) is 24.3 Å². The van der Waals surface area contributed by atoms with Crippen LogP contribution in [-0.2, 0) is 16.0 Å². The summed E-state index contributed by atoms with van der Waals surface area (Å²) in [5.41, 5.74) is 1.05. The van der Waals surface area contributed by atoms with E-state index in [1.54, 1.807) is 6.08 Å². The maximum Gasteiger partial charge on any atom is 0.407 e. The SMILES string of the molecule is CCC(CC)(CNC(=O)OC(C)(C)C)NC(=O)C=Cc1ccc2c(c1)CCO2. The molecule has 1 aliphatic rings. The van der Waals surface area contributed by atoms with Crippen LogP contribution in [0.25, 0.3) is 6.08 Å². The van der Waals surface area contributed by atoms with Crippen LogP contribution in [0.2, 0.25) is 0 Å². The topological polar surface area (TPSA) is 76.7 Å². The Morgan fingerprint density at radius 1 is 1.21 bits per heavy atom. The summed E-state index contributed by atoms with van der Waals surface area (Å²) in [6.07, 6.45) is 5.12. The molecular weight excluding hydrogens is 356 g/mol. The van der Waals surface area contributed by atoms with E-state index >= 15 is 0 Å². The van der Waals surface area contributed by atoms with Gasteiger partial charge in [0.15, 0.2) is 0 Å². The minimum absolute atomic E-state index is 0.188. The van der Waals surface area contributed by atoms with E-state index in [2.05, 4.69) is 10.6 Å². The number of rotatable bonds is 7. The monoisotopic (exact) mass is 388 g/mol. The Balaban J connectivity index is 1.96. The molecule has 2 amide bonds. The minimum atomic E-state index is -0.557. The molecular formula is C22H32N2O4. The van der Waals surface area contributed by atoms with E-state index in [0.29, 0.717) is 26.0 Å². The molecule has 0 bridgehead atoms. The van der Waals surface area contributed by atoms with Gasteiger partial charge < -0.3 is 20.1 Å². The van der Waals surface area contributed by atoms with Crippen molar-refractivity contribution in [3.05, 3.63) is 35.4 Å². The number of hydrogen-bond donors (Lipinski definition) is 2. The summed E-state index contributed by atoms with van der Waals surface area (Å²) in [5.74, 6) is 0.734. The van der Waals surface area contributed by atoms with Crippen LogP contribution < -0.4 is 15.4 Å². The van der Waals surface area contributed by atoms with E-state index in [1.165, 1.54) is 11.6 Å². The fraction of sp³-hybridized carbons (Fsp3) is 0.545. The summed E-state index contributed by atoms with van der Waals surface area (Å²) in [5, 5.41) is 5.83. The van der Waals surface area contributed by atoms with Crippen molar-refractivity contribution in [3.8, 4) is 5.75 Å². The highest BCUT2D eigenvalue weighted by molar-refractivity contribution is 5.92. The molecule has 2 rings (SSSR count). The first-order chi connectivity index (χ1) is 13.2. The van der Waals surface area contributed by atoms with Gasteiger partial charge in [0.05, 0.1) is 12.1 Å². The molecule has 0 fully saturated rings. The number of carbonyl (C=O) groups excluding carboxylic acids is 2. The highest BCUT2D eigenvalue weighted by Crippen LogP contribution is 2.26. The molecule has 1 aromatic carbocycles. The third-order valence-electron chi connectivity index (χ3n) is 4.85. The molecule has 0 aromatic heterocycles. The first kappa shape index (κ1) is 21.8. The van der Waals surface area contributed by atoms with Gasteiger partial charge in [0, 0.05) is 19.0 Å². The first-order valence-corrected chi connectivity index (χ1v) is 9.89. The van der Waals surface area contributed by atoms with Crippen LogP contribution in [0.5, 0.6) is 5.75 Å². The Bertz CT molecular complexity index is 731. The van der Waals surface area contributed by atoms with Gasteiger partial charge in [-0.15, -0.1) is 0 Å². The second-order valence-corrected chi connectivity index (χ2v) is 8.13. The number of amides is 2. The van der Waals surface area contributed by atoms with Crippen LogP contribution in [0.3, 0.4) is 0 Å². The van der Waals surface area contributed by atoms with E-state index in [1.807, 2.05) is 52.8 Å². The number of hydrogen-bond acceptors (Lipinski definition) is 4. The quantitative estimate of drug-likeness (QED) is 0.696. The van der Waals surface area contributed by atoms with Gasteiger partial charge in [0.1, 0.15) is 11.4 Å². The van der Waals surface area contributed by atoms with E-state index < -0.39 is 17.2 Å². The second kappa shape index (κ2) is 9.13. The van der Waals surface area contributed by atoms with Crippen LogP contribution >= 0.6 is 0 Å². The zero-order chi connectivity index (χ0) is 20.8. The molecule has 0 radical (unpaired) electrons. The summed E-state index contributed by atoms with van der Waals surface area (Å²) < 4.78 is 10.8. The third kappa shape index (κ3) is 6.29. The Morgan fingerprint density at radius 3 is 2.57 bits per heavy atom. The van der Waals surface area contributed by atoms with Crippen LogP contribution in [-0.4, -0.2) is 36.3 Å². The van der Waals surface area contributed by atoms with E-state index in [9.17, 15) is 9.59 Å². The van der Waals surface area contributed by atoms with E-state index in [4.69, 9.17) is 9.47 Å². The summed E-state index contributed by atoms with van der Waals surface area (Å²) in [7, 11) is 0. The summed E-state index contributed by atoms with van der Waals surface area (Å²) in [6, 6.07) is 5.92. The number of nitrogens with one attached hydrogen (secondary N) is 2. The van der Waals surface area contributed by atoms with Gasteiger partial charge in [0.2, 0.25) is 5.91 Å². The van der Waals surface area contributed by atoms with Gasteiger partial charge in [0.25, 0.3) is 0 Å². The lowest BCUT2D eigenvalue weighted by molar-refractivity contribution is -0.118. The average Bonchev–Trinajstić information content (AvgIpc) is 3.10. The lowest BCUT2D eigenvalue weighted by atomic mass is 9.92. The lowest BCUT2D eigenvalue weighted by Crippen LogP contribution is -2.55. The standard InChI is InChI=1S/C22H32N2O4/c1-6-22(7-2,15-23-20(26)28-21(3,4)5)24-19(25)11-9-16-8-10-18-17(14-16)12-13-27-18/h8-11,14H,6-7,12-13,15H2,1-5H3,(H,23,26)(H,24,25). The Morgan fingerprint density at radius 2 is 1.93 bits per heavy atom. The molecule has 0 unspecified atom stereocenters. The first-order valence-electron chi connectivity index (χ1n) is 9.89. The maximum absolute atomic E-state index is 12.5. The van der Waals surface area contributed by atoms with Crippen molar-refractivity contribution in [3.63, 3.8) is 0 Å². The van der Waals surface area contributed by atoms with Gasteiger partial charge >= 0.3 is 6.09 Å². The van der Waals surface area contributed by atoms with Crippen molar-refractivity contribution in [1.29, 1.82) is 0 Å². The molecule has 0 spiro atoms. The number of ether oxygens (including phenoxy) is 2. The van der Waals surface area contributed by atoms with Crippen molar-refractivity contribution >= 4 is 18.1 Å². The van der Waals surface area contributed by atoms with Crippen LogP contribution in [0, 0.1) is 0 Å². The highest BCUT2D eigenvalue weighted by Gasteiger charge is 2.29. The van der Waals surface area contributed by atoms with Crippen molar-refractivity contribution in [2.45, 2.75) is 65.0 Å². The zero-order valence-electron chi connectivity index (χ0n) is 17.6. The van der Waals surface area contributed by atoms with Crippen LogP contribution in [0.1, 0.15) is 58.6 Å². The van der Waals surface area contributed by atoms with E-state index in [-0.39, 0.29) is 5.91 Å². The normalized spacial score (nSPS) is 13.8. The largest absolute Gasteiger partial charge is 0.493 e. The summed E-state index contributed by atoms with van der Waals surface area (Å²) >= 11 is 0. The molecule has 2 N–H and O–H groups in total. The molecule has 6 nitrogen and oxygen atoms in total. The average molecular weight is 389 g/mol. The van der Waals surface area contributed by atoms with Crippen molar-refractivity contribution in [2.24, 2.45) is 0 Å². The molecule has 0 saturated heterocycles. The molecule has 0 saturated carbocycles. The number of benzene rings is 1. The molecule has 0 aliphatic carbocycles. The summed E-state index contributed by atoms with van der Waals surface area (Å²) in [6.45, 7) is 10.5. The lowest BCUT2D eigenvalue weighted by Gasteiger charge is -2.33. The molecule has 1 aliphatic heterocycles. The van der Waals surface area contributed by atoms with Gasteiger partial charge in [-0.1, -0.05) is 19.9 Å². The minimum Gasteiger partial charge on any atom is -0.493 e. The highest BCUT2D eigenvalue weighted by atomic mass is 16.6. The fourth-order valence-electron chi connectivity index (χ4n) is 3.06. The van der Waals surface area contributed by atoms with Crippen molar-refractivity contribution in [1.82, 2.24) is 10.6 Å². The summed E-state index contributed by atoms with van der Waals surface area (Å²) in [4.78, 5) is 24.4. The van der Waals surface area contributed by atoms with Gasteiger partial charge in [-0.05, 0) is 62.9 Å². The third-order valence-corrected chi connectivity index (χ3v) is 4.85. The number of alkyl carbamates (subject to hydrolysis) is 1. The maximum atomic E-state index is 12.5. The molecule has 28 heavy (non-hydrogen) atoms. The zero-order valence-corrected chi connectivity index (χ0v) is 17.6. The van der Waals surface area contributed by atoms with Gasteiger partial charge in [-0.25, -0.2) is 4.79 Å². The Labute approximate surface area is 167 Å². The van der Waals surface area contributed by atoms with Crippen LogP contribution in [0.4, 0.5) is 4.79 Å². The molecule has 0 atom stereocenters. The van der Waals surface area contributed by atoms with Gasteiger partial charge in [-0.3, -0.25) is 4.79 Å². The fourth-order valence-corrected chi connectivity index (χ4v) is 3.06. The molecule has 154 valence electrons. The van der Waals surface area contributed by atoms with E-state index in [0.717, 1.165) is 17.7 Å². The van der Waals surface area contributed by atoms with Crippen molar-refractivity contribution < 1.29 is 19.1 Å². The number of fused-ring (bicyclic) bond motifs is 1. The predicted octanol–water partition coefficient (Wildman–Crippen LogP) is 3.83. The predicted molar refractivity (Wildman–Crippen MR) is 110 cm³/mol. The molecule has 6 heteroatoms. The smallest absolute Gasteiger partial charge is 0.407 e. The number of carbonyl (C=O) groups is 2. The van der Waals surface area contributed by atoms with Crippen molar-refractivity contribution in [2.75, 3.05) is 13.2 Å². The second-order valence-electron chi connectivity index (χ2n) is 8.13. The molecule has 1 aromatic rings. The van der Waals surface area contributed by atoms with Gasteiger partial charge in [-0.2, -0.15) is 0 Å². The Hall–Kier alpha value is -2.50. The Kier molecular flexibility index (Phi) is 7.11.